The van der Waals surface area contributed by atoms with E-state index in [0.29, 0.717) is 0 Å². The number of hydrogen-bond acceptors (Lipinski definition) is 3. The fraction of sp³-hybridized carbons (Fsp3) is 0.625. The van der Waals surface area contributed by atoms with Crippen LogP contribution in [0.5, 0.6) is 0 Å². The van der Waals surface area contributed by atoms with Gasteiger partial charge in [0.05, 0.1) is 6.10 Å². The largest absolute Gasteiger partial charge is 0.377 e. The number of hydrogen-bond donors (Lipinski definition) is 1. The molecule has 1 aromatic rings. The summed E-state index contributed by atoms with van der Waals surface area (Å²) in [7, 11) is 0. The number of anilines is 1. The lowest BCUT2D eigenvalue weighted by Crippen LogP contribution is -2.32. The highest BCUT2D eigenvalue weighted by atomic mass is 19.1. The van der Waals surface area contributed by atoms with E-state index in [1.807, 2.05) is 6.07 Å². The predicted molar refractivity (Wildman–Crippen MR) is 80.6 cm³/mol. The van der Waals surface area contributed by atoms with Gasteiger partial charge in [-0.3, -0.25) is 0 Å². The number of nitrogens with zero attached hydrogens (tertiary/aromatic N) is 1. The van der Waals surface area contributed by atoms with Gasteiger partial charge in [0.1, 0.15) is 5.82 Å². The van der Waals surface area contributed by atoms with E-state index in [-0.39, 0.29) is 18.0 Å². The summed E-state index contributed by atoms with van der Waals surface area (Å²) < 4.78 is 19.2. The van der Waals surface area contributed by atoms with E-state index in [9.17, 15) is 4.39 Å². The minimum Gasteiger partial charge on any atom is -0.377 e. The molecule has 2 N–H and O–H groups in total. The standard InChI is InChI=1S/C16H25FN2O/c1-3-15(18)10-13-9-14(17)5-6-16(13)19-7-4-8-20-12(2)11-19/h5-6,9,12,15H,3-4,7-8,10-11,18H2,1-2H3. The van der Waals surface area contributed by atoms with Gasteiger partial charge in [0.2, 0.25) is 0 Å². The molecule has 112 valence electrons. The smallest absolute Gasteiger partial charge is 0.123 e. The van der Waals surface area contributed by atoms with Crippen molar-refractivity contribution in [3.8, 4) is 0 Å². The summed E-state index contributed by atoms with van der Waals surface area (Å²) in [5.74, 6) is -0.189. The topological polar surface area (TPSA) is 38.5 Å². The third-order valence-corrected chi connectivity index (χ3v) is 3.84. The van der Waals surface area contributed by atoms with Gasteiger partial charge in [-0.25, -0.2) is 4.39 Å². The second-order valence-corrected chi connectivity index (χ2v) is 5.63. The fourth-order valence-electron chi connectivity index (χ4n) is 2.67. The van der Waals surface area contributed by atoms with Crippen molar-refractivity contribution in [1.82, 2.24) is 0 Å². The molecule has 0 aromatic heterocycles. The molecule has 2 atom stereocenters. The van der Waals surface area contributed by atoms with Gasteiger partial charge >= 0.3 is 0 Å². The van der Waals surface area contributed by atoms with Crippen LogP contribution in [0.4, 0.5) is 10.1 Å². The Morgan fingerprint density at radius 2 is 2.30 bits per heavy atom. The summed E-state index contributed by atoms with van der Waals surface area (Å²) in [6.07, 6.45) is 2.82. The van der Waals surface area contributed by atoms with Crippen molar-refractivity contribution < 1.29 is 9.13 Å². The molecule has 0 radical (unpaired) electrons. The normalized spacial score (nSPS) is 21.6. The van der Waals surface area contributed by atoms with Gasteiger partial charge in [-0.15, -0.1) is 0 Å². The molecule has 1 aromatic carbocycles. The van der Waals surface area contributed by atoms with Gasteiger partial charge in [-0.1, -0.05) is 6.92 Å². The van der Waals surface area contributed by atoms with Crippen LogP contribution in [0.2, 0.25) is 0 Å². The van der Waals surface area contributed by atoms with Crippen LogP contribution in [-0.2, 0) is 11.2 Å². The molecule has 0 aliphatic carbocycles. The van der Waals surface area contributed by atoms with Crippen LogP contribution in [0, 0.1) is 5.82 Å². The van der Waals surface area contributed by atoms with E-state index in [4.69, 9.17) is 10.5 Å². The Hall–Kier alpha value is -1.13. The molecule has 4 heteroatoms. The van der Waals surface area contributed by atoms with Crippen molar-refractivity contribution >= 4 is 5.69 Å². The van der Waals surface area contributed by atoms with Crippen LogP contribution in [0.1, 0.15) is 32.3 Å². The molecule has 2 rings (SSSR count). The molecule has 0 saturated carbocycles. The molecule has 1 saturated heterocycles. The Morgan fingerprint density at radius 3 is 3.05 bits per heavy atom. The average molecular weight is 280 g/mol. The first-order valence-electron chi connectivity index (χ1n) is 7.50. The highest BCUT2D eigenvalue weighted by Gasteiger charge is 2.19. The summed E-state index contributed by atoms with van der Waals surface area (Å²) in [4.78, 5) is 2.30. The average Bonchev–Trinajstić information content (AvgIpc) is 2.63. The van der Waals surface area contributed by atoms with Crippen molar-refractivity contribution in [2.24, 2.45) is 5.73 Å². The number of halogens is 1. The third-order valence-electron chi connectivity index (χ3n) is 3.84. The molecule has 1 aliphatic rings. The maximum absolute atomic E-state index is 13.5. The van der Waals surface area contributed by atoms with Gasteiger partial charge < -0.3 is 15.4 Å². The molecule has 3 nitrogen and oxygen atoms in total. The van der Waals surface area contributed by atoms with Crippen molar-refractivity contribution in [2.75, 3.05) is 24.6 Å². The van der Waals surface area contributed by atoms with Gasteiger partial charge in [-0.05, 0) is 49.9 Å². The van der Waals surface area contributed by atoms with E-state index < -0.39 is 0 Å². The minimum atomic E-state index is -0.189. The van der Waals surface area contributed by atoms with Crippen LogP contribution in [0.15, 0.2) is 18.2 Å². The van der Waals surface area contributed by atoms with E-state index in [1.165, 1.54) is 6.07 Å². The minimum absolute atomic E-state index is 0.0798. The van der Waals surface area contributed by atoms with E-state index in [1.54, 1.807) is 6.07 Å². The Morgan fingerprint density at radius 1 is 1.50 bits per heavy atom. The van der Waals surface area contributed by atoms with E-state index in [0.717, 1.165) is 50.2 Å². The highest BCUT2D eigenvalue weighted by molar-refractivity contribution is 5.54. The summed E-state index contributed by atoms with van der Waals surface area (Å²) in [6.45, 7) is 6.73. The molecule has 2 unspecified atom stereocenters. The molecule has 0 bridgehead atoms. The number of rotatable bonds is 4. The van der Waals surface area contributed by atoms with Crippen molar-refractivity contribution in [1.29, 1.82) is 0 Å². The lowest BCUT2D eigenvalue weighted by Gasteiger charge is -2.27. The molecule has 1 heterocycles. The maximum atomic E-state index is 13.5. The molecule has 1 aliphatic heterocycles. The lowest BCUT2D eigenvalue weighted by molar-refractivity contribution is 0.0821. The lowest BCUT2D eigenvalue weighted by atomic mass is 10.0. The monoisotopic (exact) mass is 280 g/mol. The fourth-order valence-corrected chi connectivity index (χ4v) is 2.67. The van der Waals surface area contributed by atoms with Crippen LogP contribution in [-0.4, -0.2) is 31.8 Å². The Labute approximate surface area is 120 Å². The zero-order valence-corrected chi connectivity index (χ0v) is 12.4. The van der Waals surface area contributed by atoms with Gasteiger partial charge in [0.25, 0.3) is 0 Å². The molecular weight excluding hydrogens is 255 g/mol. The van der Waals surface area contributed by atoms with Crippen molar-refractivity contribution in [3.05, 3.63) is 29.6 Å². The SMILES string of the molecule is CCC(N)Cc1cc(F)ccc1N1CCCOC(C)C1. The zero-order valence-electron chi connectivity index (χ0n) is 12.4. The summed E-state index contributed by atoms with van der Waals surface area (Å²) >= 11 is 0. The van der Waals surface area contributed by atoms with Crippen LogP contribution >= 0.6 is 0 Å². The van der Waals surface area contributed by atoms with Crippen LogP contribution < -0.4 is 10.6 Å². The summed E-state index contributed by atoms with van der Waals surface area (Å²) in [5, 5.41) is 0. The second kappa shape index (κ2) is 7.04. The zero-order chi connectivity index (χ0) is 14.5. The molecule has 0 spiro atoms. The Kier molecular flexibility index (Phi) is 5.38. The predicted octanol–water partition coefficient (Wildman–Crippen LogP) is 2.72. The van der Waals surface area contributed by atoms with Gasteiger partial charge in [0.15, 0.2) is 0 Å². The Balaban J connectivity index is 2.24. The molecule has 0 amide bonds. The van der Waals surface area contributed by atoms with Gasteiger partial charge in [0, 0.05) is 31.4 Å². The van der Waals surface area contributed by atoms with Crippen molar-refractivity contribution in [2.45, 2.75) is 45.3 Å². The molecule has 20 heavy (non-hydrogen) atoms. The van der Waals surface area contributed by atoms with Crippen LogP contribution in [0.3, 0.4) is 0 Å². The van der Waals surface area contributed by atoms with Gasteiger partial charge in [-0.2, -0.15) is 0 Å². The van der Waals surface area contributed by atoms with E-state index in [2.05, 4.69) is 18.7 Å². The number of ether oxygens (including phenoxy) is 1. The summed E-state index contributed by atoms with van der Waals surface area (Å²) in [6, 6.07) is 5.12. The number of nitrogens with two attached hydrogens (primary N) is 1. The van der Waals surface area contributed by atoms with E-state index >= 15 is 0 Å². The highest BCUT2D eigenvalue weighted by Crippen LogP contribution is 2.25. The first-order valence-corrected chi connectivity index (χ1v) is 7.50. The Bertz CT molecular complexity index is 438. The summed E-state index contributed by atoms with van der Waals surface area (Å²) in [5.41, 5.74) is 8.16. The first-order chi connectivity index (χ1) is 9.60. The van der Waals surface area contributed by atoms with Crippen LogP contribution in [0.25, 0.3) is 0 Å². The third kappa shape index (κ3) is 3.93. The second-order valence-electron chi connectivity index (χ2n) is 5.63. The molecule has 1 fully saturated rings. The maximum Gasteiger partial charge on any atom is 0.123 e. The quantitative estimate of drug-likeness (QED) is 0.921. The molecular formula is C16H25FN2O. The first kappa shape index (κ1) is 15.3. The van der Waals surface area contributed by atoms with Crippen molar-refractivity contribution in [3.63, 3.8) is 0 Å². The number of benzene rings is 1.